The summed E-state index contributed by atoms with van der Waals surface area (Å²) >= 11 is 0. The molecule has 12 heavy (non-hydrogen) atoms. The second-order valence-corrected chi connectivity index (χ2v) is 2.06. The zero-order chi connectivity index (χ0) is 9.14. The van der Waals surface area contributed by atoms with Crippen LogP contribution in [0.5, 0.6) is 0 Å². The van der Waals surface area contributed by atoms with E-state index in [4.69, 9.17) is 5.11 Å². The van der Waals surface area contributed by atoms with Crippen molar-refractivity contribution < 1.29 is 14.3 Å². The lowest BCUT2D eigenvalue weighted by atomic mass is 10.2. The third-order valence-electron chi connectivity index (χ3n) is 1.15. The molecule has 6 nitrogen and oxygen atoms in total. The first kappa shape index (κ1) is 8.25. The van der Waals surface area contributed by atoms with Crippen LogP contribution >= 0.6 is 0 Å². The molecular weight excluding hydrogens is 166 g/mol. The fourth-order valence-electron chi connectivity index (χ4n) is 0.670. The highest BCUT2D eigenvalue weighted by Gasteiger charge is 2.06. The van der Waals surface area contributed by atoms with Gasteiger partial charge in [0.1, 0.15) is 0 Å². The first-order chi connectivity index (χ1) is 5.59. The van der Waals surface area contributed by atoms with E-state index in [1.165, 1.54) is 0 Å². The van der Waals surface area contributed by atoms with Crippen LogP contribution in [0, 0.1) is 0 Å². The molecule has 0 fully saturated rings. The molecule has 0 unspecified atom stereocenters. The van der Waals surface area contributed by atoms with E-state index in [-0.39, 0.29) is 5.56 Å². The van der Waals surface area contributed by atoms with Crippen LogP contribution in [0.3, 0.4) is 0 Å². The maximum absolute atomic E-state index is 10.7. The molecule has 0 radical (unpaired) electrons. The van der Waals surface area contributed by atoms with E-state index < -0.39 is 23.8 Å². The zero-order valence-electron chi connectivity index (χ0n) is 5.86. The number of aliphatic carboxylic acids is 1. The molecule has 1 aromatic rings. The molecule has 1 heterocycles. The van der Waals surface area contributed by atoms with Crippen LogP contribution in [-0.4, -0.2) is 16.1 Å². The predicted molar refractivity (Wildman–Crippen MR) is 36.9 cm³/mol. The van der Waals surface area contributed by atoms with Crippen molar-refractivity contribution in [1.29, 1.82) is 0 Å². The Labute approximate surface area is 65.5 Å². The Morgan fingerprint density at radius 2 is 2.25 bits per heavy atom. The van der Waals surface area contributed by atoms with Crippen LogP contribution in [0.25, 0.3) is 0 Å². The van der Waals surface area contributed by atoms with E-state index in [1.807, 2.05) is 0 Å². The first-order valence-electron chi connectivity index (χ1n) is 3.03. The number of carboxylic acid groups (broad SMARTS) is 1. The summed E-state index contributed by atoms with van der Waals surface area (Å²) in [5, 5.41) is 8.29. The number of H-pyrrole nitrogens is 1. The molecule has 6 heteroatoms. The van der Waals surface area contributed by atoms with Gasteiger partial charge in [-0.25, -0.2) is 9.59 Å². The minimum Gasteiger partial charge on any atom is -0.481 e. The summed E-state index contributed by atoms with van der Waals surface area (Å²) in [6.07, 6.45) is 0.571. The molecular formula is C6H5NO5. The summed E-state index contributed by atoms with van der Waals surface area (Å²) < 4.78 is 4.08. The minimum absolute atomic E-state index is 0.0814. The Kier molecular flexibility index (Phi) is 2.09. The number of aromatic amines is 1. The monoisotopic (exact) mass is 171 g/mol. The van der Waals surface area contributed by atoms with Crippen LogP contribution < -0.4 is 11.4 Å². The van der Waals surface area contributed by atoms with Gasteiger partial charge >= 0.3 is 17.4 Å². The summed E-state index contributed by atoms with van der Waals surface area (Å²) in [7, 11) is 0. The van der Waals surface area contributed by atoms with Gasteiger partial charge in [-0.1, -0.05) is 0 Å². The molecule has 2 N–H and O–H groups in total. The van der Waals surface area contributed by atoms with Crippen LogP contribution in [-0.2, 0) is 11.2 Å². The fraction of sp³-hybridized carbons (Fsp3) is 0.167. The smallest absolute Gasteiger partial charge is 0.419 e. The summed E-state index contributed by atoms with van der Waals surface area (Å²) in [5.41, 5.74) is -0.997. The number of hydrogen-bond acceptors (Lipinski definition) is 4. The van der Waals surface area contributed by atoms with Gasteiger partial charge in [-0.2, -0.15) is 0 Å². The van der Waals surface area contributed by atoms with Crippen LogP contribution in [0.15, 0.2) is 20.2 Å². The molecule has 64 valence electrons. The lowest BCUT2D eigenvalue weighted by Gasteiger charge is -1.90. The second kappa shape index (κ2) is 3.04. The van der Waals surface area contributed by atoms with E-state index in [1.54, 1.807) is 0 Å². The van der Waals surface area contributed by atoms with Gasteiger partial charge in [0.2, 0.25) is 0 Å². The number of carbonyl (C=O) groups is 1. The molecule has 0 aromatic carbocycles. The number of hydrogen-bond donors (Lipinski definition) is 2. The summed E-state index contributed by atoms with van der Waals surface area (Å²) in [6, 6.07) is 0. The minimum atomic E-state index is -1.16. The van der Waals surface area contributed by atoms with E-state index in [2.05, 4.69) is 9.40 Å². The zero-order valence-corrected chi connectivity index (χ0v) is 5.86. The van der Waals surface area contributed by atoms with E-state index in [9.17, 15) is 14.4 Å². The topological polar surface area (TPSA) is 100 Å². The second-order valence-electron chi connectivity index (χ2n) is 2.06. The molecule has 0 aliphatic carbocycles. The van der Waals surface area contributed by atoms with Crippen molar-refractivity contribution in [2.75, 3.05) is 0 Å². The van der Waals surface area contributed by atoms with Gasteiger partial charge < -0.3 is 9.52 Å². The van der Waals surface area contributed by atoms with Gasteiger partial charge in [0.25, 0.3) is 0 Å². The van der Waals surface area contributed by atoms with Gasteiger partial charge in [0, 0.05) is 6.20 Å². The van der Waals surface area contributed by atoms with E-state index in [0.717, 1.165) is 6.20 Å². The van der Waals surface area contributed by atoms with Crippen molar-refractivity contribution >= 4 is 5.97 Å². The van der Waals surface area contributed by atoms with Crippen molar-refractivity contribution in [2.24, 2.45) is 0 Å². The normalized spacial score (nSPS) is 9.67. The fourth-order valence-corrected chi connectivity index (χ4v) is 0.670. The SMILES string of the molecule is O=C(O)Cc1c[nH]c(=O)oc1=O. The number of aromatic nitrogens is 1. The highest BCUT2D eigenvalue weighted by molar-refractivity contribution is 5.69. The summed E-state index contributed by atoms with van der Waals surface area (Å²) in [5.74, 6) is -2.05. The Balaban J connectivity index is 3.10. The third-order valence-corrected chi connectivity index (χ3v) is 1.15. The number of rotatable bonds is 2. The maximum atomic E-state index is 10.7. The Bertz CT molecular complexity index is 401. The van der Waals surface area contributed by atoms with Crippen molar-refractivity contribution in [2.45, 2.75) is 6.42 Å². The number of carboxylic acids is 1. The maximum Gasteiger partial charge on any atom is 0.419 e. The van der Waals surface area contributed by atoms with Crippen molar-refractivity contribution in [3.63, 3.8) is 0 Å². The molecule has 1 aromatic heterocycles. The predicted octanol–water partition coefficient (Wildman–Crippen LogP) is -1.04. The van der Waals surface area contributed by atoms with Gasteiger partial charge in [-0.3, -0.25) is 9.78 Å². The Morgan fingerprint density at radius 1 is 1.58 bits per heavy atom. The van der Waals surface area contributed by atoms with Crippen molar-refractivity contribution in [3.05, 3.63) is 32.7 Å². The lowest BCUT2D eigenvalue weighted by molar-refractivity contribution is -0.136. The highest BCUT2D eigenvalue weighted by atomic mass is 16.4. The van der Waals surface area contributed by atoms with Gasteiger partial charge in [0.05, 0.1) is 12.0 Å². The standard InChI is InChI=1S/C6H5NO5/c8-4(9)1-3-2-7-6(11)12-5(3)10/h2H,1H2,(H,7,11)(H,8,9). The van der Waals surface area contributed by atoms with Crippen molar-refractivity contribution in [1.82, 2.24) is 4.98 Å². The molecule has 0 bridgehead atoms. The average Bonchev–Trinajstić information content (AvgIpc) is 1.94. The highest BCUT2D eigenvalue weighted by Crippen LogP contribution is 1.86. The number of nitrogens with one attached hydrogen (secondary N) is 1. The molecule has 0 aliphatic rings. The average molecular weight is 171 g/mol. The lowest BCUT2D eigenvalue weighted by Crippen LogP contribution is -2.19. The third kappa shape index (κ3) is 1.82. The molecule has 0 atom stereocenters. The molecule has 1 rings (SSSR count). The molecule has 0 saturated heterocycles. The van der Waals surface area contributed by atoms with Crippen LogP contribution in [0.2, 0.25) is 0 Å². The van der Waals surface area contributed by atoms with Gasteiger partial charge in [0.15, 0.2) is 0 Å². The van der Waals surface area contributed by atoms with Gasteiger partial charge in [-0.05, 0) is 0 Å². The molecule has 0 spiro atoms. The summed E-state index contributed by atoms with van der Waals surface area (Å²) in [6.45, 7) is 0. The quantitative estimate of drug-likeness (QED) is 0.591. The largest absolute Gasteiger partial charge is 0.481 e. The molecule has 0 aliphatic heterocycles. The van der Waals surface area contributed by atoms with E-state index in [0.29, 0.717) is 0 Å². The van der Waals surface area contributed by atoms with Crippen LogP contribution in [0.4, 0.5) is 0 Å². The van der Waals surface area contributed by atoms with E-state index >= 15 is 0 Å². The van der Waals surface area contributed by atoms with Crippen LogP contribution in [0.1, 0.15) is 5.56 Å². The molecule has 0 saturated carbocycles. The summed E-state index contributed by atoms with van der Waals surface area (Å²) in [4.78, 5) is 33.3. The molecule has 0 amide bonds. The Hall–Kier alpha value is -1.85. The van der Waals surface area contributed by atoms with Gasteiger partial charge in [-0.15, -0.1) is 0 Å². The first-order valence-corrected chi connectivity index (χ1v) is 3.03. The Morgan fingerprint density at radius 3 is 2.75 bits per heavy atom. The van der Waals surface area contributed by atoms with Crippen molar-refractivity contribution in [3.8, 4) is 0 Å².